The van der Waals surface area contributed by atoms with Crippen LogP contribution < -0.4 is 9.47 Å². The molecule has 0 aliphatic rings. The molecule has 170 valence electrons. The van der Waals surface area contributed by atoms with Crippen LogP contribution in [0, 0.1) is 11.8 Å². The van der Waals surface area contributed by atoms with E-state index in [4.69, 9.17) is 13.9 Å². The van der Waals surface area contributed by atoms with E-state index in [1.807, 2.05) is 55.5 Å². The molecule has 0 aromatic heterocycles. The predicted octanol–water partition coefficient (Wildman–Crippen LogP) is 6.81. The zero-order valence-electron chi connectivity index (χ0n) is 20.3. The van der Waals surface area contributed by atoms with E-state index in [-0.39, 0.29) is 23.0 Å². The van der Waals surface area contributed by atoms with E-state index >= 15 is 0 Å². The highest BCUT2D eigenvalue weighted by atomic mass is 28.4. The number of hydrogen-bond donors (Lipinski definition) is 0. The molecule has 5 heteroatoms. The first-order valence-corrected chi connectivity index (χ1v) is 13.9. The highest BCUT2D eigenvalue weighted by molar-refractivity contribution is 6.74. The Morgan fingerprint density at radius 2 is 1.65 bits per heavy atom. The first-order valence-electron chi connectivity index (χ1n) is 11.0. The van der Waals surface area contributed by atoms with E-state index < -0.39 is 8.32 Å². The van der Waals surface area contributed by atoms with Gasteiger partial charge in [-0.15, -0.1) is 0 Å². The van der Waals surface area contributed by atoms with Crippen molar-refractivity contribution >= 4 is 14.6 Å². The van der Waals surface area contributed by atoms with Gasteiger partial charge in [0.1, 0.15) is 12.9 Å². The van der Waals surface area contributed by atoms with Crippen LogP contribution in [0.1, 0.15) is 51.8 Å². The van der Waals surface area contributed by atoms with Crippen LogP contribution in [0.2, 0.25) is 18.1 Å². The molecular weight excluding hydrogens is 404 g/mol. The SMILES string of the molecule is COc1cc([C@@H](O[Si](C)(C)C(C)(C)C)[C@H](C)[C@H](C)C=O)ccc1OCc1ccccc1. The predicted molar refractivity (Wildman–Crippen MR) is 129 cm³/mol. The smallest absolute Gasteiger partial charge is 0.192 e. The van der Waals surface area contributed by atoms with Crippen LogP contribution >= 0.6 is 0 Å². The molecule has 0 saturated heterocycles. The Hall–Kier alpha value is -2.11. The third kappa shape index (κ3) is 6.44. The third-order valence-electron chi connectivity index (χ3n) is 6.50. The lowest BCUT2D eigenvalue weighted by Gasteiger charge is -2.41. The van der Waals surface area contributed by atoms with Crippen LogP contribution in [-0.4, -0.2) is 21.7 Å². The van der Waals surface area contributed by atoms with Crippen LogP contribution in [0.25, 0.3) is 0 Å². The normalized spacial score (nSPS) is 15.1. The molecule has 0 heterocycles. The van der Waals surface area contributed by atoms with Gasteiger partial charge >= 0.3 is 0 Å². The molecule has 31 heavy (non-hydrogen) atoms. The number of carbonyl (C=O) groups excluding carboxylic acids is 1. The molecule has 2 aromatic rings. The summed E-state index contributed by atoms with van der Waals surface area (Å²) in [6.07, 6.45) is 0.819. The second-order valence-electron chi connectivity index (χ2n) is 9.84. The van der Waals surface area contributed by atoms with Gasteiger partial charge in [0.15, 0.2) is 19.8 Å². The summed E-state index contributed by atoms with van der Waals surface area (Å²) in [6, 6.07) is 16.0. The maximum absolute atomic E-state index is 11.6. The number of hydrogen-bond acceptors (Lipinski definition) is 4. The van der Waals surface area contributed by atoms with Gasteiger partial charge in [-0.2, -0.15) is 0 Å². The van der Waals surface area contributed by atoms with Crippen molar-refractivity contribution in [2.24, 2.45) is 11.8 Å². The molecular formula is C26H38O4Si. The fourth-order valence-corrected chi connectivity index (χ4v) is 4.43. The van der Waals surface area contributed by atoms with Gasteiger partial charge in [0, 0.05) is 5.92 Å². The largest absolute Gasteiger partial charge is 0.493 e. The quantitative estimate of drug-likeness (QED) is 0.299. The number of methoxy groups -OCH3 is 1. The van der Waals surface area contributed by atoms with Crippen LogP contribution in [0.15, 0.2) is 48.5 Å². The van der Waals surface area contributed by atoms with E-state index in [2.05, 4.69) is 40.8 Å². The fraction of sp³-hybridized carbons (Fsp3) is 0.500. The zero-order chi connectivity index (χ0) is 23.2. The summed E-state index contributed by atoms with van der Waals surface area (Å²) >= 11 is 0. The summed E-state index contributed by atoms with van der Waals surface area (Å²) in [6.45, 7) is 15.7. The molecule has 0 spiro atoms. The lowest BCUT2D eigenvalue weighted by Crippen LogP contribution is -2.43. The average Bonchev–Trinajstić information content (AvgIpc) is 2.74. The van der Waals surface area contributed by atoms with Gasteiger partial charge in [-0.1, -0.05) is 71.0 Å². The van der Waals surface area contributed by atoms with Gasteiger partial charge in [0.25, 0.3) is 0 Å². The molecule has 0 aliphatic carbocycles. The van der Waals surface area contributed by atoms with Crippen molar-refractivity contribution in [2.45, 2.75) is 65.5 Å². The monoisotopic (exact) mass is 442 g/mol. The first kappa shape index (κ1) is 25.2. The molecule has 0 amide bonds. The van der Waals surface area contributed by atoms with Gasteiger partial charge in [0.05, 0.1) is 13.2 Å². The Morgan fingerprint density at radius 1 is 1.00 bits per heavy atom. The molecule has 0 aliphatic heterocycles. The van der Waals surface area contributed by atoms with Crippen molar-refractivity contribution in [1.82, 2.24) is 0 Å². The minimum absolute atomic E-state index is 0.0346. The number of rotatable bonds is 10. The first-order chi connectivity index (χ1) is 14.5. The molecule has 0 bridgehead atoms. The highest BCUT2D eigenvalue weighted by Crippen LogP contribution is 2.44. The molecule has 2 rings (SSSR count). The van der Waals surface area contributed by atoms with Gasteiger partial charge in [-0.3, -0.25) is 0 Å². The van der Waals surface area contributed by atoms with Crippen molar-refractivity contribution in [3.63, 3.8) is 0 Å². The van der Waals surface area contributed by atoms with Crippen molar-refractivity contribution in [1.29, 1.82) is 0 Å². The average molecular weight is 443 g/mol. The van der Waals surface area contributed by atoms with Crippen LogP contribution in [0.5, 0.6) is 11.5 Å². The Bertz CT molecular complexity index is 842. The number of aldehydes is 1. The van der Waals surface area contributed by atoms with E-state index in [1.165, 1.54) is 0 Å². The Labute approximate surface area is 189 Å². The molecule has 4 nitrogen and oxygen atoms in total. The van der Waals surface area contributed by atoms with E-state index in [9.17, 15) is 4.79 Å². The second-order valence-corrected chi connectivity index (χ2v) is 14.6. The topological polar surface area (TPSA) is 44.8 Å². The summed E-state index contributed by atoms with van der Waals surface area (Å²) in [4.78, 5) is 11.6. The summed E-state index contributed by atoms with van der Waals surface area (Å²) in [5.74, 6) is 1.28. The number of ether oxygens (including phenoxy) is 2. The Kier molecular flexibility index (Phi) is 8.49. The molecule has 0 fully saturated rings. The minimum Gasteiger partial charge on any atom is -0.493 e. The van der Waals surface area contributed by atoms with E-state index in [0.29, 0.717) is 18.1 Å². The van der Waals surface area contributed by atoms with Gasteiger partial charge in [0.2, 0.25) is 0 Å². The molecule has 0 N–H and O–H groups in total. The van der Waals surface area contributed by atoms with Crippen molar-refractivity contribution in [3.8, 4) is 11.5 Å². The van der Waals surface area contributed by atoms with Crippen molar-refractivity contribution in [2.75, 3.05) is 7.11 Å². The lowest BCUT2D eigenvalue weighted by molar-refractivity contribution is -0.113. The van der Waals surface area contributed by atoms with Crippen LogP contribution in [-0.2, 0) is 15.8 Å². The summed E-state index contributed by atoms with van der Waals surface area (Å²) in [5.41, 5.74) is 2.11. The van der Waals surface area contributed by atoms with Crippen LogP contribution in [0.3, 0.4) is 0 Å². The number of benzene rings is 2. The Morgan fingerprint density at radius 3 is 2.19 bits per heavy atom. The highest BCUT2D eigenvalue weighted by Gasteiger charge is 2.41. The van der Waals surface area contributed by atoms with Crippen molar-refractivity contribution < 1.29 is 18.7 Å². The standard InChI is InChI=1S/C26H38O4Si/c1-19(17-27)20(2)25(30-31(7,8)26(3,4)5)22-14-15-23(24(16-22)28-6)29-18-21-12-10-9-11-13-21/h9-17,19-20,25H,18H2,1-8H3/t19-,20-,25+/m1/s1. The second kappa shape index (κ2) is 10.5. The molecule has 0 radical (unpaired) electrons. The van der Waals surface area contributed by atoms with E-state index in [1.54, 1.807) is 7.11 Å². The minimum atomic E-state index is -2.06. The summed E-state index contributed by atoms with van der Waals surface area (Å²) < 4.78 is 18.5. The summed E-state index contributed by atoms with van der Waals surface area (Å²) in [5, 5.41) is 0.0677. The molecule has 0 unspecified atom stereocenters. The molecule has 3 atom stereocenters. The van der Waals surface area contributed by atoms with Crippen molar-refractivity contribution in [3.05, 3.63) is 59.7 Å². The third-order valence-corrected chi connectivity index (χ3v) is 11.0. The zero-order valence-corrected chi connectivity index (χ0v) is 21.3. The van der Waals surface area contributed by atoms with Gasteiger partial charge in [-0.25, -0.2) is 0 Å². The van der Waals surface area contributed by atoms with E-state index in [0.717, 1.165) is 17.4 Å². The summed E-state index contributed by atoms with van der Waals surface area (Å²) in [7, 11) is -0.412. The van der Waals surface area contributed by atoms with Crippen LogP contribution in [0.4, 0.5) is 0 Å². The lowest BCUT2D eigenvalue weighted by atomic mass is 9.88. The molecule has 2 aromatic carbocycles. The fourth-order valence-electron chi connectivity index (χ4n) is 3.09. The molecule has 0 saturated carbocycles. The maximum Gasteiger partial charge on any atom is 0.192 e. The maximum atomic E-state index is 11.6. The number of carbonyl (C=O) groups is 1. The van der Waals surface area contributed by atoms with Gasteiger partial charge < -0.3 is 18.7 Å². The van der Waals surface area contributed by atoms with Gasteiger partial charge in [-0.05, 0) is 47.3 Å². The Balaban J connectivity index is 2.35.